The molecule has 7 heteroatoms. The van der Waals surface area contributed by atoms with Crippen molar-refractivity contribution >= 4 is 28.6 Å². The lowest BCUT2D eigenvalue weighted by atomic mass is 10.1. The van der Waals surface area contributed by atoms with Gasteiger partial charge in [-0.15, -0.1) is 0 Å². The number of nitrogen functional groups attached to an aromatic ring is 1. The van der Waals surface area contributed by atoms with Crippen LogP contribution in [0.15, 0.2) is 30.9 Å². The van der Waals surface area contributed by atoms with Gasteiger partial charge in [0.05, 0.1) is 33.7 Å². The molecule has 21 heavy (non-hydrogen) atoms. The Hall–Kier alpha value is -2.47. The summed E-state index contributed by atoms with van der Waals surface area (Å²) in [4.78, 5) is 19.6. The molecule has 2 heterocycles. The Balaban J connectivity index is 2.23. The third kappa shape index (κ3) is 2.13. The van der Waals surface area contributed by atoms with E-state index in [9.17, 15) is 9.18 Å². The summed E-state index contributed by atoms with van der Waals surface area (Å²) in [6.45, 7) is 1.42. The molecule has 0 amide bonds. The van der Waals surface area contributed by atoms with Crippen LogP contribution in [0.1, 0.15) is 17.4 Å². The number of aromatic nitrogens is 3. The van der Waals surface area contributed by atoms with Gasteiger partial charge in [0, 0.05) is 13.1 Å². The number of fused-ring (bicyclic) bond motifs is 1. The molecule has 5 nitrogen and oxygen atoms in total. The summed E-state index contributed by atoms with van der Waals surface area (Å²) < 4.78 is 15.7. The van der Waals surface area contributed by atoms with Crippen LogP contribution in [0.4, 0.5) is 10.1 Å². The summed E-state index contributed by atoms with van der Waals surface area (Å²) in [7, 11) is 0. The Morgan fingerprint density at radius 3 is 2.86 bits per heavy atom. The molecular formula is C14H10ClFN4O. The second kappa shape index (κ2) is 4.82. The predicted octanol–water partition coefficient (Wildman–Crippen LogP) is 2.97. The molecule has 0 saturated carbocycles. The summed E-state index contributed by atoms with van der Waals surface area (Å²) in [6.07, 6.45) is 4.48. The van der Waals surface area contributed by atoms with Crippen LogP contribution in [-0.2, 0) is 0 Å². The van der Waals surface area contributed by atoms with Crippen molar-refractivity contribution in [3.63, 3.8) is 0 Å². The van der Waals surface area contributed by atoms with Crippen molar-refractivity contribution in [3.05, 3.63) is 47.4 Å². The van der Waals surface area contributed by atoms with Gasteiger partial charge in [-0.1, -0.05) is 11.6 Å². The second-order valence-electron chi connectivity index (χ2n) is 4.54. The van der Waals surface area contributed by atoms with Crippen molar-refractivity contribution in [3.8, 4) is 11.3 Å². The monoisotopic (exact) mass is 304 g/mol. The van der Waals surface area contributed by atoms with Crippen molar-refractivity contribution in [2.24, 2.45) is 0 Å². The largest absolute Gasteiger partial charge is 0.396 e. The highest BCUT2D eigenvalue weighted by Gasteiger charge is 2.16. The lowest BCUT2D eigenvalue weighted by Crippen LogP contribution is -1.98. The molecule has 0 unspecified atom stereocenters. The Kier molecular flexibility index (Phi) is 3.10. The molecule has 0 atom stereocenters. The van der Waals surface area contributed by atoms with Crippen molar-refractivity contribution in [1.82, 2.24) is 14.4 Å². The van der Waals surface area contributed by atoms with Crippen molar-refractivity contribution in [1.29, 1.82) is 0 Å². The summed E-state index contributed by atoms with van der Waals surface area (Å²) in [5.41, 5.74) is 6.84. The van der Waals surface area contributed by atoms with E-state index in [4.69, 9.17) is 17.3 Å². The van der Waals surface area contributed by atoms with Crippen LogP contribution >= 0.6 is 11.6 Å². The van der Waals surface area contributed by atoms with Gasteiger partial charge in [0.15, 0.2) is 11.6 Å². The summed E-state index contributed by atoms with van der Waals surface area (Å²) in [6, 6.07) is 2.90. The number of ketones is 1. The third-order valence-electron chi connectivity index (χ3n) is 3.13. The quantitative estimate of drug-likeness (QED) is 0.583. The first-order chi connectivity index (χ1) is 9.99. The van der Waals surface area contributed by atoms with Crippen LogP contribution in [0.5, 0.6) is 0 Å². The maximum Gasteiger partial charge on any atom is 0.180 e. The van der Waals surface area contributed by atoms with Crippen LogP contribution in [0.25, 0.3) is 16.8 Å². The first-order valence-electron chi connectivity index (χ1n) is 6.06. The van der Waals surface area contributed by atoms with Crippen LogP contribution in [0.2, 0.25) is 5.02 Å². The number of benzene rings is 1. The normalized spacial score (nSPS) is 11.0. The number of anilines is 1. The number of rotatable bonds is 2. The highest BCUT2D eigenvalue weighted by Crippen LogP contribution is 2.32. The van der Waals surface area contributed by atoms with E-state index in [0.717, 1.165) is 0 Å². The molecule has 3 aromatic rings. The number of imidazole rings is 1. The molecule has 0 saturated heterocycles. The molecule has 1 aromatic carbocycles. The smallest absolute Gasteiger partial charge is 0.180 e. The molecule has 3 rings (SSSR count). The zero-order valence-electron chi connectivity index (χ0n) is 11.0. The first kappa shape index (κ1) is 13.5. The van der Waals surface area contributed by atoms with Gasteiger partial charge in [0.25, 0.3) is 0 Å². The van der Waals surface area contributed by atoms with Gasteiger partial charge in [0.2, 0.25) is 0 Å². The predicted molar refractivity (Wildman–Crippen MR) is 77.8 cm³/mol. The Labute approximate surface area is 124 Å². The average molecular weight is 305 g/mol. The van der Waals surface area contributed by atoms with E-state index in [1.807, 2.05) is 0 Å². The summed E-state index contributed by atoms with van der Waals surface area (Å²) >= 11 is 6.03. The Bertz CT molecular complexity index is 875. The first-order valence-corrected chi connectivity index (χ1v) is 6.44. The SMILES string of the molecule is CC(=O)c1ncn2cc(-c3c(Cl)ccc(N)c3F)ncc12. The third-order valence-corrected chi connectivity index (χ3v) is 3.44. The van der Waals surface area contributed by atoms with Gasteiger partial charge in [-0.3, -0.25) is 9.78 Å². The zero-order chi connectivity index (χ0) is 15.1. The number of Topliss-reactive ketones (excluding diaryl/α,β-unsaturated/α-hetero) is 1. The molecule has 0 spiro atoms. The summed E-state index contributed by atoms with van der Waals surface area (Å²) in [5, 5.41) is 0.209. The molecule has 0 aliphatic rings. The molecule has 0 aliphatic heterocycles. The molecule has 106 valence electrons. The van der Waals surface area contributed by atoms with E-state index in [-0.39, 0.29) is 22.1 Å². The van der Waals surface area contributed by atoms with Crippen molar-refractivity contribution in [2.45, 2.75) is 6.92 Å². The average Bonchev–Trinajstić information content (AvgIpc) is 2.87. The van der Waals surface area contributed by atoms with Gasteiger partial charge in [-0.2, -0.15) is 0 Å². The van der Waals surface area contributed by atoms with Gasteiger partial charge in [-0.05, 0) is 12.1 Å². The Morgan fingerprint density at radius 2 is 2.14 bits per heavy atom. The van der Waals surface area contributed by atoms with Crippen LogP contribution in [-0.4, -0.2) is 20.2 Å². The van der Waals surface area contributed by atoms with Crippen LogP contribution in [0.3, 0.4) is 0 Å². The maximum atomic E-state index is 14.2. The van der Waals surface area contributed by atoms with Gasteiger partial charge in [-0.25, -0.2) is 9.37 Å². The minimum absolute atomic E-state index is 0.00801. The van der Waals surface area contributed by atoms with Gasteiger partial charge >= 0.3 is 0 Å². The highest BCUT2D eigenvalue weighted by atomic mass is 35.5. The lowest BCUT2D eigenvalue weighted by Gasteiger charge is -2.08. The second-order valence-corrected chi connectivity index (χ2v) is 4.95. The minimum atomic E-state index is -0.624. The Morgan fingerprint density at radius 1 is 1.38 bits per heavy atom. The van der Waals surface area contributed by atoms with E-state index >= 15 is 0 Å². The molecule has 0 aliphatic carbocycles. The van der Waals surface area contributed by atoms with E-state index in [1.165, 1.54) is 31.6 Å². The van der Waals surface area contributed by atoms with Gasteiger partial charge in [0.1, 0.15) is 12.0 Å². The van der Waals surface area contributed by atoms with Crippen molar-refractivity contribution < 1.29 is 9.18 Å². The number of nitrogens with two attached hydrogens (primary N) is 1. The van der Waals surface area contributed by atoms with E-state index in [2.05, 4.69) is 9.97 Å². The lowest BCUT2D eigenvalue weighted by molar-refractivity contribution is 0.101. The highest BCUT2D eigenvalue weighted by molar-refractivity contribution is 6.33. The van der Waals surface area contributed by atoms with Crippen LogP contribution < -0.4 is 5.73 Å². The molecular weight excluding hydrogens is 295 g/mol. The summed E-state index contributed by atoms with van der Waals surface area (Å²) in [5.74, 6) is -0.790. The topological polar surface area (TPSA) is 73.3 Å². The molecule has 0 radical (unpaired) electrons. The molecule has 0 bridgehead atoms. The fourth-order valence-corrected chi connectivity index (χ4v) is 2.34. The molecule has 2 aromatic heterocycles. The van der Waals surface area contributed by atoms with Gasteiger partial charge < -0.3 is 10.1 Å². The maximum absolute atomic E-state index is 14.2. The van der Waals surface area contributed by atoms with Crippen LogP contribution in [0, 0.1) is 5.82 Å². The fourth-order valence-electron chi connectivity index (χ4n) is 2.10. The number of carbonyl (C=O) groups is 1. The zero-order valence-corrected chi connectivity index (χ0v) is 11.7. The van der Waals surface area contributed by atoms with Crippen molar-refractivity contribution in [2.75, 3.05) is 5.73 Å². The standard InChI is InChI=1S/C14H10ClFN4O/c1-7(21)14-11-4-18-10(5-20(11)6-19-14)12-8(15)2-3-9(17)13(12)16/h2-6H,17H2,1H3. The van der Waals surface area contributed by atoms with E-state index in [0.29, 0.717) is 16.9 Å². The number of nitrogens with zero attached hydrogens (tertiary/aromatic N) is 3. The number of halogens is 2. The molecule has 2 N–H and O–H groups in total. The fraction of sp³-hybridized carbons (Fsp3) is 0.0714. The number of carbonyl (C=O) groups excluding carboxylic acids is 1. The molecule has 0 fully saturated rings. The van der Waals surface area contributed by atoms with E-state index in [1.54, 1.807) is 10.6 Å². The number of hydrogen-bond donors (Lipinski definition) is 1. The number of hydrogen-bond acceptors (Lipinski definition) is 4. The van der Waals surface area contributed by atoms with E-state index < -0.39 is 5.82 Å². The minimum Gasteiger partial charge on any atom is -0.396 e.